The minimum atomic E-state index is 1.06. The maximum atomic E-state index is 2.25. The van der Waals surface area contributed by atoms with Crippen LogP contribution in [0.1, 0.15) is 38.7 Å². The third-order valence-corrected chi connectivity index (χ3v) is 2.39. The molecule has 0 amide bonds. The summed E-state index contributed by atoms with van der Waals surface area (Å²) in [6.07, 6.45) is 9.55. The van der Waals surface area contributed by atoms with Gasteiger partial charge >= 0.3 is 0 Å². The monoisotopic (exact) mass is 178 g/mol. The van der Waals surface area contributed by atoms with Crippen LogP contribution in [-0.4, -0.2) is 0 Å². The second-order valence-corrected chi connectivity index (χ2v) is 3.49. The van der Waals surface area contributed by atoms with Gasteiger partial charge in [-0.05, 0) is 25.3 Å². The molecule has 0 spiro atoms. The van der Waals surface area contributed by atoms with Crippen LogP contribution in [0, 0.1) is 0 Å². The molecule has 0 aliphatic carbocycles. The van der Waals surface area contributed by atoms with Gasteiger partial charge in [-0.3, -0.25) is 0 Å². The number of hydrogen-bond donors (Lipinski definition) is 0. The summed E-state index contributed by atoms with van der Waals surface area (Å²) in [6.45, 7) is 5.47. The first-order valence-corrected chi connectivity index (χ1v) is 5.34. The van der Waals surface area contributed by atoms with Crippen molar-refractivity contribution in [2.75, 3.05) is 0 Å². The van der Waals surface area contributed by atoms with E-state index in [-0.39, 0.29) is 0 Å². The zero-order valence-corrected chi connectivity index (χ0v) is 8.79. The third kappa shape index (κ3) is 3.58. The number of pyridine rings is 1. The lowest BCUT2D eigenvalue weighted by atomic mass is 10.1. The van der Waals surface area contributed by atoms with Crippen molar-refractivity contribution in [3.05, 3.63) is 30.1 Å². The number of aromatic nitrogens is 1. The Morgan fingerprint density at radius 1 is 1.08 bits per heavy atom. The normalized spacial score (nSPS) is 10.3. The van der Waals surface area contributed by atoms with Crippen molar-refractivity contribution in [2.45, 2.75) is 46.1 Å². The molecule has 0 N–H and O–H groups in total. The lowest BCUT2D eigenvalue weighted by Crippen LogP contribution is -2.30. The van der Waals surface area contributed by atoms with Crippen molar-refractivity contribution in [1.29, 1.82) is 0 Å². The molecule has 0 saturated carbocycles. The summed E-state index contributed by atoms with van der Waals surface area (Å²) >= 11 is 0. The fourth-order valence-corrected chi connectivity index (χ4v) is 1.44. The van der Waals surface area contributed by atoms with Crippen molar-refractivity contribution in [3.63, 3.8) is 0 Å². The summed E-state index contributed by atoms with van der Waals surface area (Å²) in [4.78, 5) is 0. The van der Waals surface area contributed by atoms with Gasteiger partial charge in [0.15, 0.2) is 12.4 Å². The molecular formula is C12H20N+. The van der Waals surface area contributed by atoms with Gasteiger partial charge in [0.05, 0.1) is 0 Å². The van der Waals surface area contributed by atoms with Gasteiger partial charge in [-0.2, -0.15) is 0 Å². The highest BCUT2D eigenvalue weighted by molar-refractivity contribution is 5.06. The topological polar surface area (TPSA) is 3.88 Å². The fraction of sp³-hybridized carbons (Fsp3) is 0.583. The Morgan fingerprint density at radius 2 is 1.77 bits per heavy atom. The molecule has 0 aliphatic rings. The zero-order valence-electron chi connectivity index (χ0n) is 8.79. The lowest BCUT2D eigenvalue weighted by Gasteiger charge is -1.98. The molecule has 1 heteroatoms. The summed E-state index contributed by atoms with van der Waals surface area (Å²) in [6, 6.07) is 4.47. The molecule has 72 valence electrons. The Labute approximate surface area is 81.4 Å². The summed E-state index contributed by atoms with van der Waals surface area (Å²) in [5.74, 6) is 0. The highest BCUT2D eigenvalue weighted by Crippen LogP contribution is 2.03. The van der Waals surface area contributed by atoms with Crippen LogP contribution in [0.5, 0.6) is 0 Å². The number of aryl methyl sites for hydroxylation is 2. The molecule has 0 bridgehead atoms. The molecule has 1 rings (SSSR count). The average Bonchev–Trinajstić information content (AvgIpc) is 2.19. The summed E-state index contributed by atoms with van der Waals surface area (Å²) in [5.41, 5.74) is 1.47. The molecule has 0 atom stereocenters. The van der Waals surface area contributed by atoms with Crippen LogP contribution in [-0.2, 0) is 13.0 Å². The van der Waals surface area contributed by atoms with E-state index < -0.39 is 0 Å². The van der Waals surface area contributed by atoms with Crippen molar-refractivity contribution in [1.82, 2.24) is 0 Å². The van der Waals surface area contributed by atoms with Crippen molar-refractivity contribution in [3.8, 4) is 0 Å². The standard InChI is InChI=1S/C12H20N/c1-3-5-6-7-12-8-10-13(4-2)11-9-12/h8-11H,3-7H2,1-2H3/q+1. The molecule has 0 saturated heterocycles. The quantitative estimate of drug-likeness (QED) is 0.482. The fourth-order valence-electron chi connectivity index (χ4n) is 1.44. The average molecular weight is 178 g/mol. The minimum absolute atomic E-state index is 1.06. The Kier molecular flexibility index (Phi) is 4.52. The van der Waals surface area contributed by atoms with Gasteiger partial charge in [0.2, 0.25) is 0 Å². The van der Waals surface area contributed by atoms with Crippen molar-refractivity contribution in [2.24, 2.45) is 0 Å². The predicted octanol–water partition coefficient (Wildman–Crippen LogP) is 2.73. The van der Waals surface area contributed by atoms with Crippen LogP contribution in [0.2, 0.25) is 0 Å². The molecular weight excluding hydrogens is 158 g/mol. The van der Waals surface area contributed by atoms with Crippen molar-refractivity contribution < 1.29 is 4.57 Å². The molecule has 0 aromatic carbocycles. The predicted molar refractivity (Wildman–Crippen MR) is 55.5 cm³/mol. The van der Waals surface area contributed by atoms with E-state index in [1.807, 2.05) is 0 Å². The van der Waals surface area contributed by atoms with E-state index >= 15 is 0 Å². The Morgan fingerprint density at radius 3 is 2.31 bits per heavy atom. The number of rotatable bonds is 5. The number of hydrogen-bond acceptors (Lipinski definition) is 0. The van der Waals surface area contributed by atoms with Gasteiger partial charge < -0.3 is 0 Å². The summed E-state index contributed by atoms with van der Waals surface area (Å²) in [7, 11) is 0. The largest absolute Gasteiger partial charge is 0.205 e. The highest BCUT2D eigenvalue weighted by Gasteiger charge is 1.97. The first kappa shape index (κ1) is 10.2. The first-order valence-electron chi connectivity index (χ1n) is 5.34. The SMILES string of the molecule is CCCCCc1cc[n+](CC)cc1. The minimum Gasteiger partial charge on any atom is -0.205 e. The molecule has 1 aromatic rings. The van der Waals surface area contributed by atoms with E-state index in [9.17, 15) is 0 Å². The van der Waals surface area contributed by atoms with Gasteiger partial charge in [-0.1, -0.05) is 19.8 Å². The molecule has 0 aliphatic heterocycles. The Balaban J connectivity index is 2.40. The Bertz CT molecular complexity index is 225. The van der Waals surface area contributed by atoms with Gasteiger partial charge in [-0.15, -0.1) is 0 Å². The van der Waals surface area contributed by atoms with Crippen molar-refractivity contribution >= 4 is 0 Å². The van der Waals surface area contributed by atoms with Crippen LogP contribution in [0.3, 0.4) is 0 Å². The van der Waals surface area contributed by atoms with E-state index in [0.717, 1.165) is 6.54 Å². The van der Waals surface area contributed by atoms with Gasteiger partial charge in [0.25, 0.3) is 0 Å². The number of unbranched alkanes of at least 4 members (excludes halogenated alkanes) is 2. The zero-order chi connectivity index (χ0) is 9.52. The second-order valence-electron chi connectivity index (χ2n) is 3.49. The van der Waals surface area contributed by atoms with E-state index in [1.54, 1.807) is 0 Å². The van der Waals surface area contributed by atoms with Crippen LogP contribution in [0.4, 0.5) is 0 Å². The van der Waals surface area contributed by atoms with Gasteiger partial charge in [0, 0.05) is 12.1 Å². The maximum absolute atomic E-state index is 2.25. The molecule has 1 aromatic heterocycles. The molecule has 0 radical (unpaired) electrons. The van der Waals surface area contributed by atoms with E-state index in [4.69, 9.17) is 0 Å². The summed E-state index contributed by atoms with van der Waals surface area (Å²) in [5, 5.41) is 0. The highest BCUT2D eigenvalue weighted by atomic mass is 14.9. The third-order valence-electron chi connectivity index (χ3n) is 2.39. The first-order chi connectivity index (χ1) is 6.36. The van der Waals surface area contributed by atoms with Gasteiger partial charge in [0.1, 0.15) is 6.54 Å². The molecule has 13 heavy (non-hydrogen) atoms. The molecule has 0 unspecified atom stereocenters. The van der Waals surface area contributed by atoms with Crippen LogP contribution >= 0.6 is 0 Å². The van der Waals surface area contributed by atoms with E-state index in [1.165, 1.54) is 31.2 Å². The van der Waals surface area contributed by atoms with E-state index in [2.05, 4.69) is 42.9 Å². The smallest absolute Gasteiger partial charge is 0.169 e. The number of nitrogens with zero attached hydrogens (tertiary/aromatic N) is 1. The lowest BCUT2D eigenvalue weighted by molar-refractivity contribution is -0.693. The summed E-state index contributed by atoms with van der Waals surface area (Å²) < 4.78 is 2.20. The van der Waals surface area contributed by atoms with Crippen LogP contribution in [0.15, 0.2) is 24.5 Å². The van der Waals surface area contributed by atoms with Crippen LogP contribution in [0.25, 0.3) is 0 Å². The van der Waals surface area contributed by atoms with Gasteiger partial charge in [-0.25, -0.2) is 4.57 Å². The molecule has 1 heterocycles. The second kappa shape index (κ2) is 5.74. The Hall–Kier alpha value is -0.850. The molecule has 1 nitrogen and oxygen atoms in total. The molecule has 0 fully saturated rings. The van der Waals surface area contributed by atoms with Crippen LogP contribution < -0.4 is 4.57 Å². The maximum Gasteiger partial charge on any atom is 0.169 e. The van der Waals surface area contributed by atoms with E-state index in [0.29, 0.717) is 0 Å².